The molecule has 0 radical (unpaired) electrons. The van der Waals surface area contributed by atoms with E-state index in [-0.39, 0.29) is 24.8 Å². The summed E-state index contributed by atoms with van der Waals surface area (Å²) in [6.07, 6.45) is 0.0425. The molecule has 8 N–H and O–H groups in total. The first-order valence-electron chi connectivity index (χ1n) is 7.46. The van der Waals surface area contributed by atoms with Crippen molar-refractivity contribution in [1.29, 1.82) is 5.41 Å². The second-order valence-electron chi connectivity index (χ2n) is 5.52. The van der Waals surface area contributed by atoms with Gasteiger partial charge in [-0.25, -0.2) is 4.79 Å². The standard InChI is InChI=1S/C15H21N5O4/c16-7-11(17)15(22)23-13(21)6-10-5-12(20-24-10)8-1-3-9(4-2-8)14(18)19/h1-4,10-12,20H,5-7,16-17H2,(H3,18,19)/t10-,11?,12-/m0/s1. The van der Waals surface area contributed by atoms with Crippen LogP contribution in [0.25, 0.3) is 0 Å². The molecule has 1 saturated heterocycles. The lowest BCUT2D eigenvalue weighted by Gasteiger charge is -2.10. The fraction of sp³-hybridized carbons (Fsp3) is 0.400. The monoisotopic (exact) mass is 335 g/mol. The molecule has 0 aliphatic carbocycles. The lowest BCUT2D eigenvalue weighted by atomic mass is 10.00. The van der Waals surface area contributed by atoms with Crippen LogP contribution in [0, 0.1) is 5.41 Å². The van der Waals surface area contributed by atoms with Crippen LogP contribution in [0.3, 0.4) is 0 Å². The van der Waals surface area contributed by atoms with E-state index < -0.39 is 24.1 Å². The molecule has 130 valence electrons. The molecule has 0 saturated carbocycles. The normalized spacial score (nSPS) is 21.2. The maximum absolute atomic E-state index is 11.7. The molecule has 1 unspecified atom stereocenters. The van der Waals surface area contributed by atoms with Gasteiger partial charge in [0.25, 0.3) is 0 Å². The zero-order valence-corrected chi connectivity index (χ0v) is 13.0. The summed E-state index contributed by atoms with van der Waals surface area (Å²) in [5.74, 6) is -1.55. The lowest BCUT2D eigenvalue weighted by molar-refractivity contribution is -0.162. The number of rotatable bonds is 6. The van der Waals surface area contributed by atoms with E-state index in [1.807, 2.05) is 12.1 Å². The van der Waals surface area contributed by atoms with Gasteiger partial charge in [-0.15, -0.1) is 0 Å². The number of hydrogen-bond donors (Lipinski definition) is 5. The fourth-order valence-electron chi connectivity index (χ4n) is 2.27. The Kier molecular flexibility index (Phi) is 5.99. The van der Waals surface area contributed by atoms with Crippen molar-refractivity contribution in [3.8, 4) is 0 Å². The summed E-state index contributed by atoms with van der Waals surface area (Å²) in [5, 5.41) is 7.37. The minimum Gasteiger partial charge on any atom is -0.392 e. The minimum atomic E-state index is -1.01. The first kappa shape index (κ1) is 18.0. The molecule has 1 aliphatic rings. The number of hydrogen-bond acceptors (Lipinski definition) is 8. The summed E-state index contributed by atoms with van der Waals surface area (Å²) >= 11 is 0. The summed E-state index contributed by atoms with van der Waals surface area (Å²) in [6.45, 7) is -0.0913. The minimum absolute atomic E-state index is 0.00171. The van der Waals surface area contributed by atoms with E-state index in [0.717, 1.165) is 5.56 Å². The van der Waals surface area contributed by atoms with E-state index in [4.69, 9.17) is 27.4 Å². The molecule has 1 heterocycles. The van der Waals surface area contributed by atoms with Crippen LogP contribution in [-0.4, -0.2) is 36.5 Å². The van der Waals surface area contributed by atoms with Crippen molar-refractivity contribution in [2.45, 2.75) is 31.0 Å². The number of benzene rings is 1. The van der Waals surface area contributed by atoms with Crippen LogP contribution >= 0.6 is 0 Å². The number of amidine groups is 1. The van der Waals surface area contributed by atoms with Gasteiger partial charge in [0.1, 0.15) is 11.9 Å². The SMILES string of the molecule is N=C(N)c1ccc([C@@H]2C[C@@H](CC(=O)OC(=O)C(N)CN)ON2)cc1. The van der Waals surface area contributed by atoms with E-state index in [2.05, 4.69) is 10.2 Å². The van der Waals surface area contributed by atoms with Gasteiger partial charge >= 0.3 is 11.9 Å². The number of nitrogens with two attached hydrogens (primary N) is 3. The van der Waals surface area contributed by atoms with Crippen molar-refractivity contribution in [2.24, 2.45) is 17.2 Å². The second-order valence-corrected chi connectivity index (χ2v) is 5.52. The number of nitrogens with one attached hydrogen (secondary N) is 2. The van der Waals surface area contributed by atoms with Gasteiger partial charge in [0.2, 0.25) is 0 Å². The highest BCUT2D eigenvalue weighted by atomic mass is 16.7. The van der Waals surface area contributed by atoms with E-state index >= 15 is 0 Å². The first-order chi connectivity index (χ1) is 11.4. The molecule has 1 aromatic carbocycles. The van der Waals surface area contributed by atoms with Gasteiger partial charge in [0.15, 0.2) is 0 Å². The Balaban J connectivity index is 1.85. The number of esters is 2. The average molecular weight is 335 g/mol. The smallest absolute Gasteiger partial charge is 0.331 e. The largest absolute Gasteiger partial charge is 0.392 e. The van der Waals surface area contributed by atoms with Gasteiger partial charge in [-0.05, 0) is 12.0 Å². The summed E-state index contributed by atoms with van der Waals surface area (Å²) in [6, 6.07) is 6.04. The molecule has 0 bridgehead atoms. The Hall–Kier alpha value is -2.33. The molecule has 9 nitrogen and oxygen atoms in total. The molecule has 24 heavy (non-hydrogen) atoms. The van der Waals surface area contributed by atoms with Crippen molar-refractivity contribution in [2.75, 3.05) is 6.54 Å². The molecular weight excluding hydrogens is 314 g/mol. The van der Waals surface area contributed by atoms with E-state index in [1.165, 1.54) is 0 Å². The molecule has 3 atom stereocenters. The van der Waals surface area contributed by atoms with Crippen molar-refractivity contribution < 1.29 is 19.2 Å². The van der Waals surface area contributed by atoms with Gasteiger partial charge in [-0.1, -0.05) is 24.3 Å². The van der Waals surface area contributed by atoms with Gasteiger partial charge in [0, 0.05) is 12.1 Å². The molecule has 1 fully saturated rings. The number of ether oxygens (including phenoxy) is 1. The van der Waals surface area contributed by atoms with E-state index in [9.17, 15) is 9.59 Å². The van der Waals surface area contributed by atoms with Crippen LogP contribution in [-0.2, 0) is 19.2 Å². The molecule has 9 heteroatoms. The number of hydroxylamine groups is 1. The molecular formula is C15H21N5O4. The zero-order chi connectivity index (χ0) is 17.7. The average Bonchev–Trinajstić information content (AvgIpc) is 3.02. The van der Waals surface area contributed by atoms with Crippen LogP contribution in [0.2, 0.25) is 0 Å². The van der Waals surface area contributed by atoms with Gasteiger partial charge in [0.05, 0.1) is 18.6 Å². The molecule has 1 aromatic rings. The highest BCUT2D eigenvalue weighted by molar-refractivity contribution is 5.94. The van der Waals surface area contributed by atoms with Gasteiger partial charge in [-0.3, -0.25) is 15.0 Å². The Labute approximate surface area is 138 Å². The maximum atomic E-state index is 11.7. The topological polar surface area (TPSA) is 167 Å². The zero-order valence-electron chi connectivity index (χ0n) is 13.0. The third-order valence-corrected chi connectivity index (χ3v) is 3.67. The Morgan fingerprint density at radius 2 is 2.04 bits per heavy atom. The van der Waals surface area contributed by atoms with Crippen molar-refractivity contribution in [3.63, 3.8) is 0 Å². The Bertz CT molecular complexity index is 619. The van der Waals surface area contributed by atoms with Crippen LogP contribution in [0.5, 0.6) is 0 Å². The summed E-state index contributed by atoms with van der Waals surface area (Å²) < 4.78 is 4.62. The summed E-state index contributed by atoms with van der Waals surface area (Å²) in [7, 11) is 0. The van der Waals surface area contributed by atoms with Crippen LogP contribution in [0.4, 0.5) is 0 Å². The molecule has 1 aliphatic heterocycles. The quantitative estimate of drug-likeness (QED) is 0.192. The first-order valence-corrected chi connectivity index (χ1v) is 7.46. The van der Waals surface area contributed by atoms with Crippen molar-refractivity contribution in [1.82, 2.24) is 5.48 Å². The summed E-state index contributed by atoms with van der Waals surface area (Å²) in [4.78, 5) is 28.5. The van der Waals surface area contributed by atoms with Gasteiger partial charge < -0.3 is 21.9 Å². The third-order valence-electron chi connectivity index (χ3n) is 3.67. The van der Waals surface area contributed by atoms with Crippen molar-refractivity contribution in [3.05, 3.63) is 35.4 Å². The van der Waals surface area contributed by atoms with E-state index in [1.54, 1.807) is 12.1 Å². The lowest BCUT2D eigenvalue weighted by Crippen LogP contribution is -2.40. The highest BCUT2D eigenvalue weighted by Gasteiger charge is 2.30. The Morgan fingerprint density at radius 1 is 1.38 bits per heavy atom. The predicted octanol–water partition coefficient (Wildman–Crippen LogP) is -0.949. The van der Waals surface area contributed by atoms with Crippen LogP contribution in [0.1, 0.15) is 30.0 Å². The third kappa shape index (κ3) is 4.59. The second kappa shape index (κ2) is 7.97. The van der Waals surface area contributed by atoms with E-state index in [0.29, 0.717) is 12.0 Å². The fourth-order valence-corrected chi connectivity index (χ4v) is 2.27. The summed E-state index contributed by atoms with van der Waals surface area (Å²) in [5.41, 5.74) is 20.4. The number of carbonyl (C=O) groups is 2. The maximum Gasteiger partial charge on any atom is 0.331 e. The molecule has 0 spiro atoms. The predicted molar refractivity (Wildman–Crippen MR) is 85.6 cm³/mol. The molecule has 0 amide bonds. The van der Waals surface area contributed by atoms with Crippen molar-refractivity contribution >= 4 is 17.8 Å². The number of carbonyl (C=O) groups excluding carboxylic acids is 2. The molecule has 2 rings (SSSR count). The van der Waals surface area contributed by atoms with Gasteiger partial charge in [-0.2, -0.15) is 5.48 Å². The van der Waals surface area contributed by atoms with Crippen LogP contribution in [0.15, 0.2) is 24.3 Å². The molecule has 0 aromatic heterocycles. The number of nitrogen functional groups attached to an aromatic ring is 1. The van der Waals surface area contributed by atoms with Crippen LogP contribution < -0.4 is 22.7 Å². The highest BCUT2D eigenvalue weighted by Crippen LogP contribution is 2.27. The Morgan fingerprint density at radius 3 is 2.62 bits per heavy atom.